The molecule has 1 rings (SSSR count). The van der Waals surface area contributed by atoms with Crippen LogP contribution in [-0.2, 0) is 0 Å². The number of anilines is 1. The second-order valence-corrected chi connectivity index (χ2v) is 7.39. The number of hydrogen-bond acceptors (Lipinski definition) is 2. The molecule has 1 aromatic rings. The van der Waals surface area contributed by atoms with Crippen LogP contribution in [0.5, 0.6) is 0 Å². The monoisotopic (exact) mass is 317 g/mol. The minimum absolute atomic E-state index is 0.0891. The third kappa shape index (κ3) is 8.20. The molecule has 0 atom stereocenters. The summed E-state index contributed by atoms with van der Waals surface area (Å²) in [5, 5.41) is 3.45. The standard InChI is InChI=1S/C21H35NO/c1-5-7-8-9-10-11-16-22-19-14-12-18(13-15-19)20(23)17-21(3,4)6-2/h12-15,22H,5-11,16-17H2,1-4H3. The van der Waals surface area contributed by atoms with Crippen LogP contribution >= 0.6 is 0 Å². The van der Waals surface area contributed by atoms with Crippen LogP contribution in [0.1, 0.15) is 89.4 Å². The first-order chi connectivity index (χ1) is 11.0. The molecular formula is C21H35NO. The van der Waals surface area contributed by atoms with E-state index in [0.29, 0.717) is 6.42 Å². The van der Waals surface area contributed by atoms with E-state index in [-0.39, 0.29) is 11.2 Å². The maximum absolute atomic E-state index is 12.3. The first-order valence-electron chi connectivity index (χ1n) is 9.35. The van der Waals surface area contributed by atoms with Gasteiger partial charge in [-0.1, -0.05) is 66.2 Å². The van der Waals surface area contributed by atoms with Crippen molar-refractivity contribution in [1.82, 2.24) is 0 Å². The normalized spacial score (nSPS) is 11.5. The van der Waals surface area contributed by atoms with Crippen molar-refractivity contribution in [2.75, 3.05) is 11.9 Å². The van der Waals surface area contributed by atoms with Crippen LogP contribution in [0.25, 0.3) is 0 Å². The average molecular weight is 318 g/mol. The van der Waals surface area contributed by atoms with Crippen LogP contribution in [0.2, 0.25) is 0 Å². The largest absolute Gasteiger partial charge is 0.385 e. The summed E-state index contributed by atoms with van der Waals surface area (Å²) in [6.07, 6.45) is 9.53. The zero-order valence-corrected chi connectivity index (χ0v) is 15.6. The van der Waals surface area contributed by atoms with Gasteiger partial charge in [-0.25, -0.2) is 0 Å². The van der Waals surface area contributed by atoms with Crippen molar-refractivity contribution in [3.8, 4) is 0 Å². The summed E-state index contributed by atoms with van der Waals surface area (Å²) in [7, 11) is 0. The zero-order valence-electron chi connectivity index (χ0n) is 15.6. The third-order valence-electron chi connectivity index (χ3n) is 4.66. The second kappa shape index (κ2) is 10.5. The van der Waals surface area contributed by atoms with Gasteiger partial charge in [-0.15, -0.1) is 0 Å². The van der Waals surface area contributed by atoms with Crippen LogP contribution in [0.3, 0.4) is 0 Å². The number of nitrogens with one attached hydrogen (secondary N) is 1. The fourth-order valence-electron chi connectivity index (χ4n) is 2.57. The van der Waals surface area contributed by atoms with Gasteiger partial charge in [0.15, 0.2) is 5.78 Å². The predicted octanol–water partition coefficient (Wildman–Crippen LogP) is 6.47. The molecule has 0 spiro atoms. The molecule has 0 heterocycles. The molecule has 1 N–H and O–H groups in total. The molecule has 0 saturated heterocycles. The van der Waals surface area contributed by atoms with Gasteiger partial charge in [-0.2, -0.15) is 0 Å². The molecule has 1 aromatic carbocycles. The Morgan fingerprint density at radius 3 is 2.17 bits per heavy atom. The number of hydrogen-bond donors (Lipinski definition) is 1. The van der Waals surface area contributed by atoms with Crippen molar-refractivity contribution in [3.05, 3.63) is 29.8 Å². The second-order valence-electron chi connectivity index (χ2n) is 7.39. The SMILES string of the molecule is CCCCCCCCNc1ccc(C(=O)CC(C)(C)CC)cc1. The van der Waals surface area contributed by atoms with E-state index in [4.69, 9.17) is 0 Å². The van der Waals surface area contributed by atoms with Crippen molar-refractivity contribution >= 4 is 11.5 Å². The summed E-state index contributed by atoms with van der Waals surface area (Å²) in [6.45, 7) is 9.71. The Balaban J connectivity index is 2.32. The van der Waals surface area contributed by atoms with Crippen molar-refractivity contribution in [2.45, 2.75) is 79.1 Å². The molecular weight excluding hydrogens is 282 g/mol. The Morgan fingerprint density at radius 2 is 1.57 bits per heavy atom. The maximum Gasteiger partial charge on any atom is 0.163 e. The minimum Gasteiger partial charge on any atom is -0.385 e. The van der Waals surface area contributed by atoms with Crippen molar-refractivity contribution in [1.29, 1.82) is 0 Å². The summed E-state index contributed by atoms with van der Waals surface area (Å²) in [5.41, 5.74) is 2.03. The Morgan fingerprint density at radius 1 is 0.957 bits per heavy atom. The van der Waals surface area contributed by atoms with E-state index in [0.717, 1.165) is 24.2 Å². The van der Waals surface area contributed by atoms with E-state index in [9.17, 15) is 4.79 Å². The third-order valence-corrected chi connectivity index (χ3v) is 4.66. The summed E-state index contributed by atoms with van der Waals surface area (Å²) < 4.78 is 0. The first-order valence-corrected chi connectivity index (χ1v) is 9.35. The van der Waals surface area contributed by atoms with Gasteiger partial charge in [0.1, 0.15) is 0 Å². The minimum atomic E-state index is 0.0891. The topological polar surface area (TPSA) is 29.1 Å². The lowest BCUT2D eigenvalue weighted by Gasteiger charge is -2.21. The molecule has 0 amide bonds. The van der Waals surface area contributed by atoms with E-state index >= 15 is 0 Å². The molecule has 2 heteroatoms. The number of unbranched alkanes of at least 4 members (excludes halogenated alkanes) is 5. The Hall–Kier alpha value is -1.31. The summed E-state index contributed by atoms with van der Waals surface area (Å²) >= 11 is 0. The Kier molecular flexibility index (Phi) is 8.98. The van der Waals surface area contributed by atoms with Gasteiger partial charge in [0.2, 0.25) is 0 Å². The molecule has 0 aliphatic carbocycles. The highest BCUT2D eigenvalue weighted by atomic mass is 16.1. The fourth-order valence-corrected chi connectivity index (χ4v) is 2.57. The molecule has 0 aliphatic rings. The van der Waals surface area contributed by atoms with Crippen molar-refractivity contribution in [3.63, 3.8) is 0 Å². The Labute approximate surface area is 143 Å². The van der Waals surface area contributed by atoms with Crippen molar-refractivity contribution in [2.24, 2.45) is 5.41 Å². The molecule has 2 nitrogen and oxygen atoms in total. The quantitative estimate of drug-likeness (QED) is 0.353. The van der Waals surface area contributed by atoms with Gasteiger partial charge in [-0.05, 0) is 36.1 Å². The lowest BCUT2D eigenvalue weighted by molar-refractivity contribution is 0.0928. The highest BCUT2D eigenvalue weighted by Gasteiger charge is 2.20. The average Bonchev–Trinajstić information content (AvgIpc) is 2.54. The van der Waals surface area contributed by atoms with Crippen molar-refractivity contribution < 1.29 is 4.79 Å². The van der Waals surface area contributed by atoms with Gasteiger partial charge in [0.25, 0.3) is 0 Å². The Bertz CT molecular complexity index is 447. The molecule has 0 aromatic heterocycles. The van der Waals surface area contributed by atoms with E-state index in [1.807, 2.05) is 24.3 Å². The molecule has 130 valence electrons. The van der Waals surface area contributed by atoms with E-state index < -0.39 is 0 Å². The molecule has 0 fully saturated rings. The molecule has 0 unspecified atom stereocenters. The first kappa shape index (κ1) is 19.7. The number of Topliss-reactive ketones (excluding diaryl/α,β-unsaturated/α-hetero) is 1. The highest BCUT2D eigenvalue weighted by Crippen LogP contribution is 2.26. The molecule has 0 aliphatic heterocycles. The lowest BCUT2D eigenvalue weighted by Crippen LogP contribution is -2.16. The molecule has 0 radical (unpaired) electrons. The lowest BCUT2D eigenvalue weighted by atomic mass is 9.83. The van der Waals surface area contributed by atoms with Crippen LogP contribution in [0.4, 0.5) is 5.69 Å². The number of carbonyl (C=O) groups excluding carboxylic acids is 1. The predicted molar refractivity (Wildman–Crippen MR) is 101 cm³/mol. The molecule has 23 heavy (non-hydrogen) atoms. The van der Waals surface area contributed by atoms with Crippen LogP contribution in [0, 0.1) is 5.41 Å². The number of ketones is 1. The molecule has 0 bridgehead atoms. The summed E-state index contributed by atoms with van der Waals surface area (Å²) in [4.78, 5) is 12.3. The van der Waals surface area contributed by atoms with Gasteiger partial charge in [-0.3, -0.25) is 4.79 Å². The smallest absolute Gasteiger partial charge is 0.163 e. The van der Waals surface area contributed by atoms with Crippen LogP contribution in [-0.4, -0.2) is 12.3 Å². The molecule has 0 saturated carbocycles. The zero-order chi connectivity index (χ0) is 17.1. The van der Waals surface area contributed by atoms with E-state index in [1.165, 1.54) is 38.5 Å². The van der Waals surface area contributed by atoms with Gasteiger partial charge in [0.05, 0.1) is 0 Å². The van der Waals surface area contributed by atoms with Gasteiger partial charge < -0.3 is 5.32 Å². The van der Waals surface area contributed by atoms with Gasteiger partial charge >= 0.3 is 0 Å². The fraction of sp³-hybridized carbons (Fsp3) is 0.667. The summed E-state index contributed by atoms with van der Waals surface area (Å²) in [5.74, 6) is 0.249. The number of carbonyl (C=O) groups is 1. The van der Waals surface area contributed by atoms with E-state index in [2.05, 4.69) is 33.0 Å². The number of benzene rings is 1. The summed E-state index contributed by atoms with van der Waals surface area (Å²) in [6, 6.07) is 7.97. The highest BCUT2D eigenvalue weighted by molar-refractivity contribution is 5.96. The van der Waals surface area contributed by atoms with Gasteiger partial charge in [0, 0.05) is 24.2 Å². The number of rotatable bonds is 12. The maximum atomic E-state index is 12.3. The van der Waals surface area contributed by atoms with E-state index in [1.54, 1.807) is 0 Å². The van der Waals surface area contributed by atoms with Crippen LogP contribution < -0.4 is 5.32 Å². The van der Waals surface area contributed by atoms with Crippen LogP contribution in [0.15, 0.2) is 24.3 Å².